The van der Waals surface area contributed by atoms with E-state index >= 15 is 0 Å². The molecule has 4 heteroatoms. The molecule has 0 saturated heterocycles. The normalized spacial score (nSPS) is 17.3. The maximum atomic E-state index is 6.40. The summed E-state index contributed by atoms with van der Waals surface area (Å²) < 4.78 is 11.7. The molecule has 22 heavy (non-hydrogen) atoms. The van der Waals surface area contributed by atoms with Gasteiger partial charge in [-0.3, -0.25) is 0 Å². The zero-order valence-electron chi connectivity index (χ0n) is 12.3. The Morgan fingerprint density at radius 3 is 2.86 bits per heavy atom. The van der Waals surface area contributed by atoms with Crippen molar-refractivity contribution in [2.75, 3.05) is 6.79 Å². The number of halogens is 2. The van der Waals surface area contributed by atoms with Gasteiger partial charge < -0.3 is 9.47 Å². The molecule has 0 atom stereocenters. The number of fused-ring (bicyclic) bond motifs is 1. The highest BCUT2D eigenvalue weighted by atomic mass is 79.9. The van der Waals surface area contributed by atoms with Crippen LogP contribution in [0.2, 0.25) is 5.02 Å². The van der Waals surface area contributed by atoms with Crippen molar-refractivity contribution in [3.63, 3.8) is 0 Å². The molecule has 3 rings (SSSR count). The first kappa shape index (κ1) is 15.7. The molecule has 0 N–H and O–H groups in total. The Hall–Kier alpha value is -1.19. The monoisotopic (exact) mass is 380 g/mol. The first-order chi connectivity index (χ1) is 10.7. The molecule has 1 heterocycles. The maximum absolute atomic E-state index is 6.40. The fourth-order valence-corrected chi connectivity index (χ4v) is 3.43. The predicted octanol–water partition coefficient (Wildman–Crippen LogP) is 5.84. The molecule has 1 aliphatic heterocycles. The Balaban J connectivity index is 1.66. The quantitative estimate of drug-likeness (QED) is 0.576. The number of rotatable bonds is 6. The van der Waals surface area contributed by atoms with Crippen molar-refractivity contribution < 1.29 is 9.47 Å². The van der Waals surface area contributed by atoms with Gasteiger partial charge in [0.25, 0.3) is 0 Å². The van der Waals surface area contributed by atoms with E-state index in [1.165, 1.54) is 18.4 Å². The van der Waals surface area contributed by atoms with Gasteiger partial charge in [0, 0.05) is 0 Å². The fraction of sp³-hybridized carbons (Fsp3) is 0.333. The molecule has 0 spiro atoms. The summed E-state index contributed by atoms with van der Waals surface area (Å²) in [6.07, 6.45) is 12.8. The number of aryl methyl sites for hydroxylation is 1. The average Bonchev–Trinajstić information content (AvgIpc) is 3.22. The first-order valence-electron chi connectivity index (χ1n) is 7.46. The van der Waals surface area contributed by atoms with Gasteiger partial charge in [0.2, 0.25) is 6.79 Å². The molecule has 1 aliphatic carbocycles. The highest BCUT2D eigenvalue weighted by Crippen LogP contribution is 2.46. The van der Waals surface area contributed by atoms with Gasteiger partial charge in [-0.2, -0.15) is 0 Å². The molecular weight excluding hydrogens is 364 g/mol. The second-order valence-corrected chi connectivity index (χ2v) is 6.75. The lowest BCUT2D eigenvalue weighted by atomic mass is 10.1. The molecule has 2 aliphatic rings. The standard InChI is InChI=1S/C18H18BrClO2/c1-2-5-12(13-8-9-13)6-3-4-7-14-10-15(19)17-18(16(14)20)22-11-21-17/h2-3,5-6,10,13H,1,4,7-9,11H2/b6-3-,12-5+. The van der Waals surface area contributed by atoms with Gasteiger partial charge >= 0.3 is 0 Å². The summed E-state index contributed by atoms with van der Waals surface area (Å²) in [6.45, 7) is 4.01. The van der Waals surface area contributed by atoms with Crippen LogP contribution in [0.3, 0.4) is 0 Å². The fourth-order valence-electron chi connectivity index (χ4n) is 2.57. The van der Waals surface area contributed by atoms with Crippen molar-refractivity contribution in [1.29, 1.82) is 0 Å². The Kier molecular flexibility index (Phi) is 4.94. The van der Waals surface area contributed by atoms with E-state index in [-0.39, 0.29) is 6.79 Å². The van der Waals surface area contributed by atoms with Crippen LogP contribution in [0.1, 0.15) is 24.8 Å². The lowest BCUT2D eigenvalue weighted by Crippen LogP contribution is -1.93. The highest BCUT2D eigenvalue weighted by Gasteiger charge is 2.24. The Bertz CT molecular complexity index is 645. The van der Waals surface area contributed by atoms with Crippen LogP contribution in [-0.4, -0.2) is 6.79 Å². The van der Waals surface area contributed by atoms with E-state index in [9.17, 15) is 0 Å². The molecule has 0 amide bonds. The van der Waals surface area contributed by atoms with Crippen LogP contribution in [0.15, 0.2) is 47.0 Å². The van der Waals surface area contributed by atoms with E-state index in [0.29, 0.717) is 16.5 Å². The summed E-state index contributed by atoms with van der Waals surface area (Å²) in [5.41, 5.74) is 2.45. The second kappa shape index (κ2) is 6.93. The van der Waals surface area contributed by atoms with Crippen molar-refractivity contribution in [1.82, 2.24) is 0 Å². The summed E-state index contributed by atoms with van der Waals surface area (Å²) in [5, 5.41) is 0.660. The van der Waals surface area contributed by atoms with Gasteiger partial charge in [-0.05, 0) is 64.7 Å². The summed E-state index contributed by atoms with van der Waals surface area (Å²) >= 11 is 9.91. The van der Waals surface area contributed by atoms with Crippen molar-refractivity contribution >= 4 is 27.5 Å². The Morgan fingerprint density at radius 1 is 1.36 bits per heavy atom. The Morgan fingerprint density at radius 2 is 2.14 bits per heavy atom. The zero-order valence-corrected chi connectivity index (χ0v) is 14.6. The van der Waals surface area contributed by atoms with E-state index in [4.69, 9.17) is 21.1 Å². The van der Waals surface area contributed by atoms with Crippen molar-refractivity contribution in [3.05, 3.63) is 57.6 Å². The first-order valence-corrected chi connectivity index (χ1v) is 8.63. The van der Waals surface area contributed by atoms with Gasteiger partial charge in [0.1, 0.15) is 0 Å². The summed E-state index contributed by atoms with van der Waals surface area (Å²) in [4.78, 5) is 0. The third kappa shape index (κ3) is 3.41. The van der Waals surface area contributed by atoms with Gasteiger partial charge in [-0.15, -0.1) is 0 Å². The minimum absolute atomic E-state index is 0.230. The SMILES string of the molecule is C=C/C=C(\C=C/CCc1cc(Br)c2c(c1Cl)OCO2)C1CC1. The van der Waals surface area contributed by atoms with E-state index in [1.54, 1.807) is 0 Å². The van der Waals surface area contributed by atoms with Crippen LogP contribution >= 0.6 is 27.5 Å². The molecule has 0 radical (unpaired) electrons. The molecule has 1 aromatic rings. The minimum atomic E-state index is 0.230. The summed E-state index contributed by atoms with van der Waals surface area (Å²) in [5.74, 6) is 2.09. The van der Waals surface area contributed by atoms with E-state index < -0.39 is 0 Å². The van der Waals surface area contributed by atoms with Gasteiger partial charge in [-0.1, -0.05) is 42.5 Å². The zero-order chi connectivity index (χ0) is 15.5. The number of hydrogen-bond acceptors (Lipinski definition) is 2. The Labute approximate surface area is 144 Å². The molecule has 1 aromatic carbocycles. The topological polar surface area (TPSA) is 18.5 Å². The molecule has 0 bridgehead atoms. The number of benzene rings is 1. The van der Waals surface area contributed by atoms with E-state index in [1.807, 2.05) is 12.1 Å². The lowest BCUT2D eigenvalue weighted by molar-refractivity contribution is 0.173. The predicted molar refractivity (Wildman–Crippen MR) is 93.7 cm³/mol. The smallest absolute Gasteiger partial charge is 0.231 e. The van der Waals surface area contributed by atoms with Crippen LogP contribution in [0.4, 0.5) is 0 Å². The van der Waals surface area contributed by atoms with Crippen LogP contribution in [0.25, 0.3) is 0 Å². The summed E-state index contributed by atoms with van der Waals surface area (Å²) in [7, 11) is 0. The average molecular weight is 382 g/mol. The van der Waals surface area contributed by atoms with Crippen LogP contribution in [-0.2, 0) is 6.42 Å². The van der Waals surface area contributed by atoms with Gasteiger partial charge in [0.05, 0.1) is 9.50 Å². The summed E-state index contributed by atoms with van der Waals surface area (Å²) in [6, 6.07) is 2.02. The van der Waals surface area contributed by atoms with Gasteiger partial charge in [0.15, 0.2) is 11.5 Å². The van der Waals surface area contributed by atoms with Crippen molar-refractivity contribution in [2.24, 2.45) is 5.92 Å². The van der Waals surface area contributed by atoms with Gasteiger partial charge in [-0.25, -0.2) is 0 Å². The molecule has 1 saturated carbocycles. The lowest BCUT2D eigenvalue weighted by Gasteiger charge is -2.08. The second-order valence-electron chi connectivity index (χ2n) is 5.51. The molecule has 0 aromatic heterocycles. The molecule has 0 unspecified atom stereocenters. The van der Waals surface area contributed by atoms with Crippen LogP contribution in [0.5, 0.6) is 11.5 Å². The molecule has 116 valence electrons. The largest absolute Gasteiger partial charge is 0.452 e. The number of ether oxygens (including phenoxy) is 2. The molecular formula is C18H18BrClO2. The number of allylic oxidation sites excluding steroid dienone is 5. The third-order valence-electron chi connectivity index (χ3n) is 3.86. The van der Waals surface area contributed by atoms with E-state index in [2.05, 4.69) is 40.7 Å². The van der Waals surface area contributed by atoms with Crippen molar-refractivity contribution in [3.8, 4) is 11.5 Å². The van der Waals surface area contributed by atoms with E-state index in [0.717, 1.165) is 28.8 Å². The highest BCUT2D eigenvalue weighted by molar-refractivity contribution is 9.10. The molecule has 2 nitrogen and oxygen atoms in total. The van der Waals surface area contributed by atoms with Crippen LogP contribution in [0, 0.1) is 5.92 Å². The molecule has 1 fully saturated rings. The maximum Gasteiger partial charge on any atom is 0.231 e. The minimum Gasteiger partial charge on any atom is -0.452 e. The number of hydrogen-bond donors (Lipinski definition) is 0. The van der Waals surface area contributed by atoms with Crippen molar-refractivity contribution in [2.45, 2.75) is 25.7 Å². The third-order valence-corrected chi connectivity index (χ3v) is 4.87. The van der Waals surface area contributed by atoms with Crippen LogP contribution < -0.4 is 9.47 Å².